The second kappa shape index (κ2) is 7.17. The number of amides is 2. The van der Waals surface area contributed by atoms with Gasteiger partial charge in [0.15, 0.2) is 0 Å². The highest BCUT2D eigenvalue weighted by atomic mass is 16.2. The Balaban J connectivity index is 1.71. The fourth-order valence-corrected chi connectivity index (χ4v) is 2.79. The first-order valence-electron chi connectivity index (χ1n) is 7.34. The van der Waals surface area contributed by atoms with Gasteiger partial charge in [-0.15, -0.1) is 0 Å². The van der Waals surface area contributed by atoms with E-state index in [2.05, 4.69) is 17.6 Å². The van der Waals surface area contributed by atoms with E-state index in [1.807, 2.05) is 30.3 Å². The summed E-state index contributed by atoms with van der Waals surface area (Å²) in [6.45, 7) is 2.71. The SMILES string of the molecule is CC(NC(=O)NCc1ccccc1)C1CCCCC1. The molecule has 1 aromatic carbocycles. The Hall–Kier alpha value is -1.51. The van der Waals surface area contributed by atoms with Crippen LogP contribution in [-0.4, -0.2) is 12.1 Å². The van der Waals surface area contributed by atoms with Crippen molar-refractivity contribution in [2.45, 2.75) is 51.6 Å². The maximum atomic E-state index is 11.8. The summed E-state index contributed by atoms with van der Waals surface area (Å²) in [7, 11) is 0. The molecule has 0 aliphatic heterocycles. The number of carbonyl (C=O) groups is 1. The lowest BCUT2D eigenvalue weighted by Crippen LogP contribution is -2.44. The Morgan fingerprint density at radius 2 is 1.89 bits per heavy atom. The van der Waals surface area contributed by atoms with E-state index in [1.165, 1.54) is 32.1 Å². The third-order valence-electron chi connectivity index (χ3n) is 4.01. The predicted octanol–water partition coefficient (Wildman–Crippen LogP) is 3.45. The van der Waals surface area contributed by atoms with Crippen molar-refractivity contribution in [1.82, 2.24) is 10.6 Å². The summed E-state index contributed by atoms with van der Waals surface area (Å²) in [6.07, 6.45) is 6.47. The fourth-order valence-electron chi connectivity index (χ4n) is 2.79. The molecule has 2 N–H and O–H groups in total. The molecule has 0 aromatic heterocycles. The molecule has 0 spiro atoms. The molecule has 3 heteroatoms. The van der Waals surface area contributed by atoms with Crippen LogP contribution >= 0.6 is 0 Å². The third kappa shape index (κ3) is 4.58. The number of hydrogen-bond donors (Lipinski definition) is 2. The number of benzene rings is 1. The second-order valence-corrected chi connectivity index (χ2v) is 5.50. The maximum absolute atomic E-state index is 11.8. The molecule has 1 aliphatic carbocycles. The zero-order chi connectivity index (χ0) is 13.5. The number of urea groups is 1. The largest absolute Gasteiger partial charge is 0.335 e. The topological polar surface area (TPSA) is 41.1 Å². The zero-order valence-electron chi connectivity index (χ0n) is 11.7. The Labute approximate surface area is 115 Å². The van der Waals surface area contributed by atoms with Crippen molar-refractivity contribution in [3.05, 3.63) is 35.9 Å². The van der Waals surface area contributed by atoms with Crippen molar-refractivity contribution < 1.29 is 4.79 Å². The molecule has 1 atom stereocenters. The molecule has 0 saturated heterocycles. The predicted molar refractivity (Wildman–Crippen MR) is 77.9 cm³/mol. The van der Waals surface area contributed by atoms with Gasteiger partial charge in [0.25, 0.3) is 0 Å². The van der Waals surface area contributed by atoms with Gasteiger partial charge in [0.1, 0.15) is 0 Å². The molecule has 1 fully saturated rings. The van der Waals surface area contributed by atoms with Gasteiger partial charge >= 0.3 is 6.03 Å². The Morgan fingerprint density at radius 3 is 2.58 bits per heavy atom. The van der Waals surface area contributed by atoms with Gasteiger partial charge in [-0.2, -0.15) is 0 Å². The lowest BCUT2D eigenvalue weighted by atomic mass is 9.85. The Morgan fingerprint density at radius 1 is 1.21 bits per heavy atom. The fraction of sp³-hybridized carbons (Fsp3) is 0.562. The molecule has 2 rings (SSSR count). The van der Waals surface area contributed by atoms with Gasteiger partial charge in [0, 0.05) is 12.6 Å². The van der Waals surface area contributed by atoms with E-state index in [9.17, 15) is 4.79 Å². The van der Waals surface area contributed by atoms with Gasteiger partial charge in [0.2, 0.25) is 0 Å². The molecule has 1 unspecified atom stereocenters. The summed E-state index contributed by atoms with van der Waals surface area (Å²) in [4.78, 5) is 11.8. The number of rotatable bonds is 4. The van der Waals surface area contributed by atoms with E-state index in [4.69, 9.17) is 0 Å². The highest BCUT2D eigenvalue weighted by molar-refractivity contribution is 5.74. The van der Waals surface area contributed by atoms with Gasteiger partial charge in [-0.25, -0.2) is 4.79 Å². The van der Waals surface area contributed by atoms with Gasteiger partial charge in [-0.1, -0.05) is 49.6 Å². The molecule has 2 amide bonds. The third-order valence-corrected chi connectivity index (χ3v) is 4.01. The average molecular weight is 260 g/mol. The van der Waals surface area contributed by atoms with Crippen LogP contribution in [0.25, 0.3) is 0 Å². The summed E-state index contributed by atoms with van der Waals surface area (Å²) >= 11 is 0. The van der Waals surface area contributed by atoms with Crippen LogP contribution in [0, 0.1) is 5.92 Å². The average Bonchev–Trinajstić information content (AvgIpc) is 2.47. The van der Waals surface area contributed by atoms with Crippen LogP contribution in [0.4, 0.5) is 4.79 Å². The van der Waals surface area contributed by atoms with Crippen molar-refractivity contribution in [1.29, 1.82) is 0 Å². The van der Waals surface area contributed by atoms with Crippen LogP contribution < -0.4 is 10.6 Å². The van der Waals surface area contributed by atoms with Crippen molar-refractivity contribution in [2.75, 3.05) is 0 Å². The number of hydrogen-bond acceptors (Lipinski definition) is 1. The smallest absolute Gasteiger partial charge is 0.315 e. The molecule has 0 heterocycles. The highest BCUT2D eigenvalue weighted by Gasteiger charge is 2.21. The van der Waals surface area contributed by atoms with E-state index in [0.717, 1.165) is 5.56 Å². The molecule has 1 saturated carbocycles. The first kappa shape index (κ1) is 13.9. The van der Waals surface area contributed by atoms with Gasteiger partial charge in [-0.05, 0) is 31.2 Å². The molecule has 0 radical (unpaired) electrons. The summed E-state index contributed by atoms with van der Waals surface area (Å²) in [6, 6.07) is 10.2. The van der Waals surface area contributed by atoms with Crippen molar-refractivity contribution in [2.24, 2.45) is 5.92 Å². The number of carbonyl (C=O) groups excluding carboxylic acids is 1. The first-order valence-corrected chi connectivity index (χ1v) is 7.34. The van der Waals surface area contributed by atoms with Crippen LogP contribution in [0.5, 0.6) is 0 Å². The molecule has 1 aliphatic rings. The lowest BCUT2D eigenvalue weighted by molar-refractivity contribution is 0.224. The molecule has 1 aromatic rings. The summed E-state index contributed by atoms with van der Waals surface area (Å²) in [5, 5.41) is 5.99. The van der Waals surface area contributed by atoms with E-state index in [0.29, 0.717) is 12.5 Å². The minimum Gasteiger partial charge on any atom is -0.335 e. The molecule has 104 valence electrons. The van der Waals surface area contributed by atoms with E-state index in [-0.39, 0.29) is 12.1 Å². The monoisotopic (exact) mass is 260 g/mol. The molecule has 19 heavy (non-hydrogen) atoms. The Kier molecular flexibility index (Phi) is 5.25. The first-order chi connectivity index (χ1) is 9.25. The highest BCUT2D eigenvalue weighted by Crippen LogP contribution is 2.26. The van der Waals surface area contributed by atoms with Crippen LogP contribution in [0.1, 0.15) is 44.6 Å². The van der Waals surface area contributed by atoms with Crippen LogP contribution in [0.3, 0.4) is 0 Å². The van der Waals surface area contributed by atoms with Crippen molar-refractivity contribution >= 4 is 6.03 Å². The van der Waals surface area contributed by atoms with E-state index < -0.39 is 0 Å². The molecular weight excluding hydrogens is 236 g/mol. The van der Waals surface area contributed by atoms with Crippen molar-refractivity contribution in [3.63, 3.8) is 0 Å². The minimum absolute atomic E-state index is 0.0538. The minimum atomic E-state index is -0.0538. The van der Waals surface area contributed by atoms with E-state index >= 15 is 0 Å². The molecule has 0 bridgehead atoms. The summed E-state index contributed by atoms with van der Waals surface area (Å²) in [5.41, 5.74) is 1.13. The maximum Gasteiger partial charge on any atom is 0.315 e. The quantitative estimate of drug-likeness (QED) is 0.855. The summed E-state index contributed by atoms with van der Waals surface area (Å²) in [5.74, 6) is 0.649. The second-order valence-electron chi connectivity index (χ2n) is 5.50. The standard InChI is InChI=1S/C16H24N2O/c1-13(15-10-6-3-7-11-15)18-16(19)17-12-14-8-4-2-5-9-14/h2,4-5,8-9,13,15H,3,6-7,10-12H2,1H3,(H2,17,18,19). The number of nitrogens with one attached hydrogen (secondary N) is 2. The van der Waals surface area contributed by atoms with Gasteiger partial charge in [0.05, 0.1) is 0 Å². The van der Waals surface area contributed by atoms with Crippen molar-refractivity contribution in [3.8, 4) is 0 Å². The normalized spacial score (nSPS) is 17.7. The van der Waals surface area contributed by atoms with Crippen LogP contribution in [-0.2, 0) is 6.54 Å². The Bertz CT molecular complexity index is 385. The van der Waals surface area contributed by atoms with Gasteiger partial charge < -0.3 is 10.6 Å². The molecular formula is C16H24N2O. The van der Waals surface area contributed by atoms with Gasteiger partial charge in [-0.3, -0.25) is 0 Å². The van der Waals surface area contributed by atoms with Crippen LogP contribution in [0.15, 0.2) is 30.3 Å². The lowest BCUT2D eigenvalue weighted by Gasteiger charge is -2.28. The van der Waals surface area contributed by atoms with Crippen LogP contribution in [0.2, 0.25) is 0 Å². The molecule has 3 nitrogen and oxygen atoms in total. The zero-order valence-corrected chi connectivity index (χ0v) is 11.7. The summed E-state index contributed by atoms with van der Waals surface area (Å²) < 4.78 is 0. The van der Waals surface area contributed by atoms with E-state index in [1.54, 1.807) is 0 Å².